The summed E-state index contributed by atoms with van der Waals surface area (Å²) in [4.78, 5) is 22.0. The summed E-state index contributed by atoms with van der Waals surface area (Å²) in [7, 11) is 1.45. The molecule has 3 rings (SSSR count). The minimum Gasteiger partial charge on any atom is -0.497 e. The first-order valence-corrected chi connectivity index (χ1v) is 8.88. The molecule has 2 amide bonds. The van der Waals surface area contributed by atoms with Gasteiger partial charge in [-0.15, -0.1) is 0 Å². The number of amides is 2. The van der Waals surface area contributed by atoms with Gasteiger partial charge in [-0.2, -0.15) is 0 Å². The second-order valence-electron chi connectivity index (χ2n) is 5.88. The van der Waals surface area contributed by atoms with Gasteiger partial charge < -0.3 is 10.1 Å². The topological polar surface area (TPSA) is 67.3 Å². The molecule has 0 spiro atoms. The number of benzene rings is 2. The van der Waals surface area contributed by atoms with Crippen LogP contribution >= 0.6 is 11.6 Å². The van der Waals surface area contributed by atoms with Gasteiger partial charge in [0.05, 0.1) is 12.8 Å². The van der Waals surface area contributed by atoms with Gasteiger partial charge in [-0.25, -0.2) is 19.2 Å². The number of nitrogens with zero attached hydrogens (tertiary/aromatic N) is 3. The van der Waals surface area contributed by atoms with E-state index in [2.05, 4.69) is 15.3 Å². The molecule has 144 valence electrons. The zero-order chi connectivity index (χ0) is 19.9. The third-order valence-electron chi connectivity index (χ3n) is 4.01. The van der Waals surface area contributed by atoms with E-state index in [1.165, 1.54) is 24.1 Å². The molecule has 0 bridgehead atoms. The summed E-state index contributed by atoms with van der Waals surface area (Å²) in [6.07, 6.45) is 3.57. The van der Waals surface area contributed by atoms with Crippen LogP contribution in [-0.2, 0) is 6.42 Å². The molecule has 3 aromatic rings. The largest absolute Gasteiger partial charge is 0.497 e. The summed E-state index contributed by atoms with van der Waals surface area (Å²) < 4.78 is 19.7. The van der Waals surface area contributed by atoms with Crippen LogP contribution in [0.25, 0.3) is 0 Å². The summed E-state index contributed by atoms with van der Waals surface area (Å²) in [6.45, 7) is 0.215. The Morgan fingerprint density at radius 2 is 1.89 bits per heavy atom. The molecule has 1 N–H and O–H groups in total. The monoisotopic (exact) mass is 400 g/mol. The van der Waals surface area contributed by atoms with E-state index >= 15 is 0 Å². The standard InChI is InChI=1S/C20H18ClFN4O2/c1-28-16-7-8-18(17(22)11-16)26(10-9-14-12-23-19(21)24-13-14)20(27)25-15-5-3-2-4-6-15/h2-8,11-13H,9-10H2,1H3,(H,25,27). The van der Waals surface area contributed by atoms with Crippen LogP contribution in [0.2, 0.25) is 5.28 Å². The Bertz CT molecular complexity index is 939. The van der Waals surface area contributed by atoms with Gasteiger partial charge in [0.15, 0.2) is 5.82 Å². The molecule has 0 aliphatic heterocycles. The number of ether oxygens (including phenoxy) is 1. The van der Waals surface area contributed by atoms with Crippen molar-refractivity contribution in [2.75, 3.05) is 23.9 Å². The highest BCUT2D eigenvalue weighted by atomic mass is 35.5. The summed E-state index contributed by atoms with van der Waals surface area (Å²) in [5.74, 6) is -0.189. The number of nitrogens with one attached hydrogen (secondary N) is 1. The van der Waals surface area contributed by atoms with Gasteiger partial charge >= 0.3 is 6.03 Å². The van der Waals surface area contributed by atoms with Crippen molar-refractivity contribution in [1.82, 2.24) is 9.97 Å². The van der Waals surface area contributed by atoms with Crippen LogP contribution < -0.4 is 15.0 Å². The number of anilines is 2. The van der Waals surface area contributed by atoms with Crippen molar-refractivity contribution < 1.29 is 13.9 Å². The highest BCUT2D eigenvalue weighted by Gasteiger charge is 2.20. The zero-order valence-electron chi connectivity index (χ0n) is 15.1. The van der Waals surface area contributed by atoms with Crippen LogP contribution in [0.3, 0.4) is 0 Å². The third kappa shape index (κ3) is 4.95. The molecule has 0 aliphatic rings. The Hall–Kier alpha value is -3.19. The number of carbonyl (C=O) groups excluding carboxylic acids is 1. The molecule has 0 unspecified atom stereocenters. The fourth-order valence-corrected chi connectivity index (χ4v) is 2.68. The number of methoxy groups -OCH3 is 1. The quantitative estimate of drug-likeness (QED) is 0.616. The zero-order valence-corrected chi connectivity index (χ0v) is 15.9. The van der Waals surface area contributed by atoms with E-state index in [1.807, 2.05) is 6.07 Å². The molecule has 28 heavy (non-hydrogen) atoms. The molecule has 0 radical (unpaired) electrons. The SMILES string of the molecule is COc1ccc(N(CCc2cnc(Cl)nc2)C(=O)Nc2ccccc2)c(F)c1. The van der Waals surface area contributed by atoms with Crippen LogP contribution in [0.15, 0.2) is 60.9 Å². The van der Waals surface area contributed by atoms with Crippen LogP contribution in [0.5, 0.6) is 5.75 Å². The maximum atomic E-state index is 14.6. The third-order valence-corrected chi connectivity index (χ3v) is 4.21. The van der Waals surface area contributed by atoms with E-state index in [1.54, 1.807) is 42.7 Å². The highest BCUT2D eigenvalue weighted by molar-refractivity contribution is 6.28. The van der Waals surface area contributed by atoms with E-state index in [-0.39, 0.29) is 17.5 Å². The van der Waals surface area contributed by atoms with Crippen molar-refractivity contribution >= 4 is 29.0 Å². The lowest BCUT2D eigenvalue weighted by Crippen LogP contribution is -2.37. The second-order valence-corrected chi connectivity index (χ2v) is 6.21. The maximum Gasteiger partial charge on any atom is 0.326 e. The van der Waals surface area contributed by atoms with E-state index in [0.29, 0.717) is 17.9 Å². The molecule has 1 aromatic heterocycles. The minimum absolute atomic E-state index is 0.142. The normalized spacial score (nSPS) is 10.4. The van der Waals surface area contributed by atoms with Crippen molar-refractivity contribution in [3.8, 4) is 5.75 Å². The van der Waals surface area contributed by atoms with Crippen molar-refractivity contribution in [2.24, 2.45) is 0 Å². The van der Waals surface area contributed by atoms with Gasteiger partial charge in [-0.1, -0.05) is 18.2 Å². The van der Waals surface area contributed by atoms with Gasteiger partial charge in [0, 0.05) is 30.7 Å². The van der Waals surface area contributed by atoms with E-state index in [4.69, 9.17) is 16.3 Å². The lowest BCUT2D eigenvalue weighted by Gasteiger charge is -2.24. The number of para-hydroxylation sites is 1. The van der Waals surface area contributed by atoms with Crippen molar-refractivity contribution in [2.45, 2.75) is 6.42 Å². The summed E-state index contributed by atoms with van der Waals surface area (Å²) in [5, 5.41) is 2.92. The average molecular weight is 401 g/mol. The molecular formula is C20H18ClFN4O2. The van der Waals surface area contributed by atoms with E-state index < -0.39 is 11.8 Å². The molecule has 8 heteroatoms. The molecule has 1 heterocycles. The van der Waals surface area contributed by atoms with Crippen LogP contribution in [-0.4, -0.2) is 29.7 Å². The molecule has 0 saturated carbocycles. The number of halogens is 2. The summed E-state index contributed by atoms with van der Waals surface area (Å²) >= 11 is 5.70. The Morgan fingerprint density at radius 1 is 1.18 bits per heavy atom. The number of rotatable bonds is 6. The molecule has 0 atom stereocenters. The molecule has 2 aromatic carbocycles. The fourth-order valence-electron chi connectivity index (χ4n) is 2.59. The first kappa shape index (κ1) is 19.6. The Morgan fingerprint density at radius 3 is 2.54 bits per heavy atom. The number of hydrogen-bond donors (Lipinski definition) is 1. The van der Waals surface area contributed by atoms with Gasteiger partial charge in [-0.05, 0) is 47.9 Å². The van der Waals surface area contributed by atoms with E-state index in [0.717, 1.165) is 5.56 Å². The number of hydrogen-bond acceptors (Lipinski definition) is 4. The van der Waals surface area contributed by atoms with Gasteiger partial charge in [0.2, 0.25) is 5.28 Å². The van der Waals surface area contributed by atoms with Crippen molar-refractivity contribution in [1.29, 1.82) is 0 Å². The minimum atomic E-state index is -0.560. The first-order chi connectivity index (χ1) is 13.6. The predicted octanol–water partition coefficient (Wildman–Crippen LogP) is 4.56. The smallest absolute Gasteiger partial charge is 0.326 e. The van der Waals surface area contributed by atoms with Crippen LogP contribution in [0.4, 0.5) is 20.6 Å². The first-order valence-electron chi connectivity index (χ1n) is 8.50. The Kier molecular flexibility index (Phi) is 6.39. The van der Waals surface area contributed by atoms with Gasteiger partial charge in [-0.3, -0.25) is 4.90 Å². The lowest BCUT2D eigenvalue weighted by molar-refractivity contribution is 0.256. The molecule has 0 saturated heterocycles. The molecule has 0 aliphatic carbocycles. The Labute approximate surface area is 166 Å². The lowest BCUT2D eigenvalue weighted by atomic mass is 10.2. The second kappa shape index (κ2) is 9.14. The van der Waals surface area contributed by atoms with Crippen LogP contribution in [0, 0.1) is 5.82 Å². The average Bonchev–Trinajstić information content (AvgIpc) is 2.71. The van der Waals surface area contributed by atoms with Crippen molar-refractivity contribution in [3.05, 3.63) is 77.6 Å². The maximum absolute atomic E-state index is 14.6. The van der Waals surface area contributed by atoms with Gasteiger partial charge in [0.1, 0.15) is 5.75 Å². The number of aromatic nitrogens is 2. The fraction of sp³-hybridized carbons (Fsp3) is 0.150. The molecule has 0 fully saturated rings. The predicted molar refractivity (Wildman–Crippen MR) is 107 cm³/mol. The summed E-state index contributed by atoms with van der Waals surface area (Å²) in [6, 6.07) is 12.9. The summed E-state index contributed by atoms with van der Waals surface area (Å²) in [5.41, 5.74) is 1.53. The number of urea groups is 1. The van der Waals surface area contributed by atoms with Crippen LogP contribution in [0.1, 0.15) is 5.56 Å². The van der Waals surface area contributed by atoms with E-state index in [9.17, 15) is 9.18 Å². The number of carbonyl (C=O) groups is 1. The highest BCUT2D eigenvalue weighted by Crippen LogP contribution is 2.25. The molecule has 6 nitrogen and oxygen atoms in total. The molecular weight excluding hydrogens is 383 g/mol. The Balaban J connectivity index is 1.84. The van der Waals surface area contributed by atoms with Crippen molar-refractivity contribution in [3.63, 3.8) is 0 Å². The van der Waals surface area contributed by atoms with Gasteiger partial charge in [0.25, 0.3) is 0 Å².